The predicted molar refractivity (Wildman–Crippen MR) is 82.4 cm³/mol. The lowest BCUT2D eigenvalue weighted by atomic mass is 10.1. The lowest BCUT2D eigenvalue weighted by Crippen LogP contribution is -2.43. The number of nitrogens with zero attached hydrogens (tertiary/aromatic N) is 1. The van der Waals surface area contributed by atoms with E-state index in [1.165, 1.54) is 29.7 Å². The van der Waals surface area contributed by atoms with Crippen LogP contribution in [-0.2, 0) is 14.8 Å². The third-order valence-electron chi connectivity index (χ3n) is 3.29. The predicted octanol–water partition coefficient (Wildman–Crippen LogP) is 1.04. The summed E-state index contributed by atoms with van der Waals surface area (Å²) in [5, 5.41) is 2.82. The first-order valence-corrected chi connectivity index (χ1v) is 9.14. The molecule has 1 aliphatic heterocycles. The molecule has 0 unspecified atom stereocenters. The number of carbonyl (C=O) groups is 1. The third kappa shape index (κ3) is 4.17. The number of thiophene rings is 1. The van der Waals surface area contributed by atoms with Gasteiger partial charge in [-0.05, 0) is 12.1 Å². The highest BCUT2D eigenvalue weighted by atomic mass is 35.5. The van der Waals surface area contributed by atoms with Gasteiger partial charge >= 0.3 is 0 Å². The Morgan fingerprint density at radius 2 is 2.19 bits per heavy atom. The van der Waals surface area contributed by atoms with Gasteiger partial charge in [-0.3, -0.25) is 4.79 Å². The first-order chi connectivity index (χ1) is 9.79. The van der Waals surface area contributed by atoms with E-state index in [-0.39, 0.29) is 23.6 Å². The Hall–Kier alpha value is -0.670. The van der Waals surface area contributed by atoms with Crippen molar-refractivity contribution >= 4 is 38.9 Å². The molecule has 1 saturated heterocycles. The fourth-order valence-corrected chi connectivity index (χ4v) is 4.13. The quantitative estimate of drug-likeness (QED) is 0.859. The van der Waals surface area contributed by atoms with Crippen LogP contribution < -0.4 is 5.32 Å². The SMILES string of the molecule is CN(C)S(=O)(=O)C[C@@H]1COC[C@@H]1NC(=O)c1ccc(Cl)s1. The Morgan fingerprint density at radius 1 is 1.48 bits per heavy atom. The molecular formula is C12H17ClN2O4S2. The Balaban J connectivity index is 2.01. The van der Waals surface area contributed by atoms with Gasteiger partial charge in [0.1, 0.15) is 0 Å². The Bertz CT molecular complexity index is 615. The molecule has 9 heteroatoms. The van der Waals surface area contributed by atoms with Crippen molar-refractivity contribution in [3.8, 4) is 0 Å². The number of ether oxygens (including phenoxy) is 1. The average molecular weight is 353 g/mol. The summed E-state index contributed by atoms with van der Waals surface area (Å²) in [6.45, 7) is 0.641. The van der Waals surface area contributed by atoms with Gasteiger partial charge in [-0.15, -0.1) is 11.3 Å². The molecule has 0 spiro atoms. The molecule has 6 nitrogen and oxygen atoms in total. The van der Waals surface area contributed by atoms with E-state index in [4.69, 9.17) is 16.3 Å². The van der Waals surface area contributed by atoms with Gasteiger partial charge in [-0.2, -0.15) is 0 Å². The highest BCUT2D eigenvalue weighted by molar-refractivity contribution is 7.89. The number of hydrogen-bond acceptors (Lipinski definition) is 5. The first-order valence-electron chi connectivity index (χ1n) is 6.34. The van der Waals surface area contributed by atoms with Crippen LogP contribution >= 0.6 is 22.9 Å². The zero-order valence-electron chi connectivity index (χ0n) is 11.7. The van der Waals surface area contributed by atoms with Crippen LogP contribution in [0.3, 0.4) is 0 Å². The Morgan fingerprint density at radius 3 is 2.76 bits per heavy atom. The molecular weight excluding hydrogens is 336 g/mol. The average Bonchev–Trinajstić information content (AvgIpc) is 2.99. The molecule has 0 aromatic carbocycles. The van der Waals surface area contributed by atoms with Gasteiger partial charge in [0, 0.05) is 20.0 Å². The fraction of sp³-hybridized carbons (Fsp3) is 0.583. The molecule has 2 rings (SSSR count). The highest BCUT2D eigenvalue weighted by Gasteiger charge is 2.34. The second-order valence-electron chi connectivity index (χ2n) is 5.04. The maximum absolute atomic E-state index is 12.1. The monoisotopic (exact) mass is 352 g/mol. The van der Waals surface area contributed by atoms with E-state index in [1.807, 2.05) is 0 Å². The van der Waals surface area contributed by atoms with Crippen molar-refractivity contribution in [2.24, 2.45) is 5.92 Å². The largest absolute Gasteiger partial charge is 0.379 e. The van der Waals surface area contributed by atoms with Crippen LogP contribution in [-0.4, -0.2) is 57.7 Å². The highest BCUT2D eigenvalue weighted by Crippen LogP contribution is 2.23. The van der Waals surface area contributed by atoms with Crippen molar-refractivity contribution in [2.75, 3.05) is 33.1 Å². The number of nitrogens with one attached hydrogen (secondary N) is 1. The van der Waals surface area contributed by atoms with Crippen molar-refractivity contribution in [3.63, 3.8) is 0 Å². The number of carbonyl (C=O) groups excluding carboxylic acids is 1. The lowest BCUT2D eigenvalue weighted by molar-refractivity contribution is 0.0930. The number of halogens is 1. The smallest absolute Gasteiger partial charge is 0.261 e. The standard InChI is InChI=1S/C12H17ClN2O4S2/c1-15(2)21(17,18)7-8-5-19-6-9(8)14-12(16)10-3-4-11(13)20-10/h3-4,8-9H,5-7H2,1-2H3,(H,14,16)/t8-,9-/m0/s1. The number of amides is 1. The molecule has 0 aliphatic carbocycles. The molecule has 1 amide bonds. The maximum Gasteiger partial charge on any atom is 0.261 e. The molecule has 1 aromatic rings. The van der Waals surface area contributed by atoms with E-state index in [0.717, 1.165) is 0 Å². The summed E-state index contributed by atoms with van der Waals surface area (Å²) in [5.41, 5.74) is 0. The van der Waals surface area contributed by atoms with Crippen LogP contribution in [0.25, 0.3) is 0 Å². The van der Waals surface area contributed by atoms with Crippen molar-refractivity contribution in [3.05, 3.63) is 21.3 Å². The van der Waals surface area contributed by atoms with Gasteiger partial charge in [-0.1, -0.05) is 11.6 Å². The minimum atomic E-state index is -3.33. The van der Waals surface area contributed by atoms with Crippen LogP contribution in [0.1, 0.15) is 9.67 Å². The minimum Gasteiger partial charge on any atom is -0.379 e. The van der Waals surface area contributed by atoms with E-state index in [9.17, 15) is 13.2 Å². The number of rotatable bonds is 5. The Kier molecular flexibility index (Phi) is 5.26. The fourth-order valence-electron chi connectivity index (χ4n) is 2.02. The van der Waals surface area contributed by atoms with Crippen LogP contribution in [0.15, 0.2) is 12.1 Å². The summed E-state index contributed by atoms with van der Waals surface area (Å²) in [4.78, 5) is 12.6. The minimum absolute atomic E-state index is 0.0455. The van der Waals surface area contributed by atoms with Crippen LogP contribution in [0, 0.1) is 5.92 Å². The normalized spacial score (nSPS) is 22.7. The van der Waals surface area contributed by atoms with Gasteiger partial charge in [0.05, 0.1) is 34.2 Å². The van der Waals surface area contributed by atoms with Gasteiger partial charge in [-0.25, -0.2) is 12.7 Å². The van der Waals surface area contributed by atoms with Crippen molar-refractivity contribution in [1.82, 2.24) is 9.62 Å². The molecule has 0 saturated carbocycles. The summed E-state index contributed by atoms with van der Waals surface area (Å²) in [6.07, 6.45) is 0. The van der Waals surface area contributed by atoms with Crippen LogP contribution in [0.5, 0.6) is 0 Å². The number of sulfonamides is 1. The van der Waals surface area contributed by atoms with Gasteiger partial charge in [0.25, 0.3) is 5.91 Å². The van der Waals surface area contributed by atoms with Crippen LogP contribution in [0.2, 0.25) is 4.34 Å². The number of hydrogen-bond donors (Lipinski definition) is 1. The Labute approximate surface area is 133 Å². The van der Waals surface area contributed by atoms with Crippen molar-refractivity contribution < 1.29 is 17.9 Å². The molecule has 1 aromatic heterocycles. The lowest BCUT2D eigenvalue weighted by Gasteiger charge is -2.20. The summed E-state index contributed by atoms with van der Waals surface area (Å²) in [5.74, 6) is -0.553. The van der Waals surface area contributed by atoms with Gasteiger partial charge < -0.3 is 10.1 Å². The molecule has 1 fully saturated rings. The van der Waals surface area contributed by atoms with Gasteiger partial charge in [0.2, 0.25) is 10.0 Å². The van der Waals surface area contributed by atoms with Crippen molar-refractivity contribution in [1.29, 1.82) is 0 Å². The summed E-state index contributed by atoms with van der Waals surface area (Å²) in [6, 6.07) is 2.98. The van der Waals surface area contributed by atoms with E-state index >= 15 is 0 Å². The molecule has 0 radical (unpaired) electrons. The molecule has 1 N–H and O–H groups in total. The maximum atomic E-state index is 12.1. The summed E-state index contributed by atoms with van der Waals surface area (Å²) in [7, 11) is -0.342. The summed E-state index contributed by atoms with van der Waals surface area (Å²) < 4.78 is 30.9. The van der Waals surface area contributed by atoms with Crippen LogP contribution in [0.4, 0.5) is 0 Å². The van der Waals surface area contributed by atoms with E-state index < -0.39 is 10.0 Å². The molecule has 2 heterocycles. The van der Waals surface area contributed by atoms with E-state index in [0.29, 0.717) is 22.4 Å². The third-order valence-corrected chi connectivity index (χ3v) is 6.48. The zero-order valence-corrected chi connectivity index (χ0v) is 14.1. The zero-order chi connectivity index (χ0) is 15.6. The second-order valence-corrected chi connectivity index (χ2v) is 8.98. The van der Waals surface area contributed by atoms with Crippen molar-refractivity contribution in [2.45, 2.75) is 6.04 Å². The molecule has 118 valence electrons. The molecule has 0 bridgehead atoms. The van der Waals surface area contributed by atoms with E-state index in [1.54, 1.807) is 12.1 Å². The summed E-state index contributed by atoms with van der Waals surface area (Å²) >= 11 is 6.99. The topological polar surface area (TPSA) is 75.7 Å². The van der Waals surface area contributed by atoms with Gasteiger partial charge in [0.15, 0.2) is 0 Å². The molecule has 1 aliphatic rings. The van der Waals surface area contributed by atoms with E-state index in [2.05, 4.69) is 5.32 Å². The second kappa shape index (κ2) is 6.62. The molecule has 2 atom stereocenters. The molecule has 21 heavy (non-hydrogen) atoms. The first kappa shape index (κ1) is 16.7.